The van der Waals surface area contributed by atoms with Gasteiger partial charge in [-0.1, -0.05) is 12.1 Å². The van der Waals surface area contributed by atoms with Gasteiger partial charge in [-0.2, -0.15) is 5.26 Å². The van der Waals surface area contributed by atoms with E-state index in [0.29, 0.717) is 27.9 Å². The van der Waals surface area contributed by atoms with Crippen molar-refractivity contribution in [3.8, 4) is 6.07 Å². The molecule has 0 amide bonds. The van der Waals surface area contributed by atoms with Crippen molar-refractivity contribution in [2.45, 2.75) is 20.3 Å². The summed E-state index contributed by atoms with van der Waals surface area (Å²) in [5.74, 6) is -0.476. The molecule has 0 aliphatic carbocycles. The molecule has 3 rings (SSSR count). The summed E-state index contributed by atoms with van der Waals surface area (Å²) >= 11 is 0. The van der Waals surface area contributed by atoms with E-state index in [1.165, 1.54) is 4.40 Å². The van der Waals surface area contributed by atoms with Crippen LogP contribution in [0.2, 0.25) is 0 Å². The summed E-state index contributed by atoms with van der Waals surface area (Å²) in [6.07, 6.45) is -0.143. The quantitative estimate of drug-likeness (QED) is 0.750. The summed E-state index contributed by atoms with van der Waals surface area (Å²) in [5.41, 5.74) is 2.74. The van der Waals surface area contributed by atoms with Gasteiger partial charge in [0.25, 0.3) is 5.56 Å². The molecule has 0 fully saturated rings. The summed E-state index contributed by atoms with van der Waals surface area (Å²) in [5, 5.41) is 9.49. The lowest BCUT2D eigenvalue weighted by molar-refractivity contribution is -0.142. The monoisotopic (exact) mass is 309 g/mol. The number of carbonyl (C=O) groups is 1. The second-order valence-corrected chi connectivity index (χ2v) is 5.20. The molecule has 1 N–H and O–H groups in total. The van der Waals surface area contributed by atoms with Crippen molar-refractivity contribution in [3.63, 3.8) is 0 Å². The van der Waals surface area contributed by atoms with Crippen LogP contribution >= 0.6 is 0 Å². The van der Waals surface area contributed by atoms with E-state index in [4.69, 9.17) is 4.74 Å². The highest BCUT2D eigenvalue weighted by molar-refractivity contribution is 5.83. The first-order valence-electron chi connectivity index (χ1n) is 7.29. The molecule has 0 spiro atoms. The second kappa shape index (κ2) is 5.61. The van der Waals surface area contributed by atoms with Crippen molar-refractivity contribution in [1.82, 2.24) is 9.38 Å². The molecule has 0 saturated heterocycles. The highest BCUT2D eigenvalue weighted by Crippen LogP contribution is 2.21. The lowest BCUT2D eigenvalue weighted by Gasteiger charge is -2.08. The van der Waals surface area contributed by atoms with Crippen molar-refractivity contribution in [2.75, 3.05) is 6.61 Å². The van der Waals surface area contributed by atoms with Crippen molar-refractivity contribution < 1.29 is 9.53 Å². The molecule has 116 valence electrons. The van der Waals surface area contributed by atoms with Gasteiger partial charge in [-0.05, 0) is 31.5 Å². The minimum absolute atomic E-state index is 0.143. The number of benzene rings is 1. The average molecular weight is 309 g/mol. The van der Waals surface area contributed by atoms with Crippen LogP contribution in [0.4, 0.5) is 0 Å². The van der Waals surface area contributed by atoms with Gasteiger partial charge in [0, 0.05) is 5.56 Å². The Morgan fingerprint density at radius 2 is 2.13 bits per heavy atom. The molecule has 1 aromatic carbocycles. The number of pyridine rings is 1. The standard InChI is InChI=1S/C17H15N3O3/c1-3-23-15(21)8-11-10(2)12(9-18)16-19-13-6-4-5-7-14(13)20(16)17(11)22/h4-7,19H,3,8H2,1-2H3. The Bertz CT molecular complexity index is 1020. The van der Waals surface area contributed by atoms with Crippen LogP contribution in [0.1, 0.15) is 23.6 Å². The number of nitrogens with one attached hydrogen (secondary N) is 1. The van der Waals surface area contributed by atoms with Gasteiger partial charge in [-0.3, -0.25) is 14.0 Å². The Morgan fingerprint density at radius 3 is 2.83 bits per heavy atom. The highest BCUT2D eigenvalue weighted by Gasteiger charge is 2.20. The van der Waals surface area contributed by atoms with Gasteiger partial charge in [0.2, 0.25) is 0 Å². The molecule has 0 unspecified atom stereocenters. The van der Waals surface area contributed by atoms with Crippen LogP contribution in [0.3, 0.4) is 0 Å². The predicted octanol–water partition coefficient (Wildman–Crippen LogP) is 2.07. The van der Waals surface area contributed by atoms with Crippen LogP contribution < -0.4 is 5.56 Å². The third-order valence-corrected chi connectivity index (χ3v) is 3.89. The Morgan fingerprint density at radius 1 is 1.39 bits per heavy atom. The molecule has 6 nitrogen and oxygen atoms in total. The molecule has 0 bridgehead atoms. The molecule has 0 aliphatic rings. The zero-order valence-corrected chi connectivity index (χ0v) is 12.8. The lowest BCUT2D eigenvalue weighted by Crippen LogP contribution is -2.24. The third kappa shape index (κ3) is 2.27. The molecule has 2 heterocycles. The Balaban J connectivity index is 2.38. The first-order chi connectivity index (χ1) is 11.1. The summed E-state index contributed by atoms with van der Waals surface area (Å²) < 4.78 is 6.39. The minimum Gasteiger partial charge on any atom is -0.466 e. The van der Waals surface area contributed by atoms with E-state index in [0.717, 1.165) is 5.52 Å². The van der Waals surface area contributed by atoms with Crippen molar-refractivity contribution >= 4 is 22.6 Å². The number of imidazole rings is 1. The largest absolute Gasteiger partial charge is 0.466 e. The molecule has 2 aromatic heterocycles. The fraction of sp³-hybridized carbons (Fsp3) is 0.235. The number of ether oxygens (including phenoxy) is 1. The Hall–Kier alpha value is -3.07. The molecule has 23 heavy (non-hydrogen) atoms. The maximum atomic E-state index is 12.9. The average Bonchev–Trinajstić information content (AvgIpc) is 2.91. The van der Waals surface area contributed by atoms with Gasteiger partial charge in [0.15, 0.2) is 0 Å². The molecule has 0 aliphatic heterocycles. The lowest BCUT2D eigenvalue weighted by atomic mass is 10.0. The van der Waals surface area contributed by atoms with Gasteiger partial charge in [-0.25, -0.2) is 0 Å². The van der Waals surface area contributed by atoms with E-state index in [9.17, 15) is 14.9 Å². The van der Waals surface area contributed by atoms with E-state index < -0.39 is 5.97 Å². The smallest absolute Gasteiger partial charge is 0.310 e. The van der Waals surface area contributed by atoms with Gasteiger partial charge in [0.05, 0.1) is 29.6 Å². The van der Waals surface area contributed by atoms with E-state index in [1.54, 1.807) is 19.9 Å². The number of aromatic nitrogens is 2. The first-order valence-corrected chi connectivity index (χ1v) is 7.29. The second-order valence-electron chi connectivity index (χ2n) is 5.20. The summed E-state index contributed by atoms with van der Waals surface area (Å²) in [7, 11) is 0. The fourth-order valence-corrected chi connectivity index (χ4v) is 2.79. The van der Waals surface area contributed by atoms with E-state index >= 15 is 0 Å². The number of H-pyrrole nitrogens is 1. The summed E-state index contributed by atoms with van der Waals surface area (Å²) in [6.45, 7) is 3.64. The number of nitrogens with zero attached hydrogens (tertiary/aromatic N) is 2. The maximum absolute atomic E-state index is 12.9. The topological polar surface area (TPSA) is 87.4 Å². The van der Waals surface area contributed by atoms with Crippen molar-refractivity contribution in [3.05, 3.63) is 51.3 Å². The Kier molecular flexibility index (Phi) is 3.62. The number of rotatable bonds is 3. The maximum Gasteiger partial charge on any atom is 0.310 e. The highest BCUT2D eigenvalue weighted by atomic mass is 16.5. The van der Waals surface area contributed by atoms with Crippen molar-refractivity contribution in [1.29, 1.82) is 5.26 Å². The number of hydrogen-bond acceptors (Lipinski definition) is 4. The van der Waals surface area contributed by atoms with Crippen LogP contribution in [-0.4, -0.2) is 22.0 Å². The normalized spacial score (nSPS) is 10.8. The van der Waals surface area contributed by atoms with Gasteiger partial charge in [-0.15, -0.1) is 0 Å². The number of aromatic amines is 1. The predicted molar refractivity (Wildman–Crippen MR) is 85.3 cm³/mol. The van der Waals surface area contributed by atoms with Crippen LogP contribution in [0.15, 0.2) is 29.1 Å². The Labute approximate surface area is 131 Å². The van der Waals surface area contributed by atoms with E-state index in [-0.39, 0.29) is 18.6 Å². The molecular weight excluding hydrogens is 294 g/mol. The van der Waals surface area contributed by atoms with Crippen molar-refractivity contribution in [2.24, 2.45) is 0 Å². The molecule has 6 heteroatoms. The minimum atomic E-state index is -0.476. The molecule has 0 atom stereocenters. The van der Waals surface area contributed by atoms with Gasteiger partial charge < -0.3 is 9.72 Å². The SMILES string of the molecule is CCOC(=O)Cc1c(C)c(C#N)c2[nH]c3ccccc3n2c1=O. The van der Waals surface area contributed by atoms with E-state index in [1.807, 2.05) is 18.2 Å². The number of esters is 1. The van der Waals surface area contributed by atoms with E-state index in [2.05, 4.69) is 11.1 Å². The fourth-order valence-electron chi connectivity index (χ4n) is 2.79. The van der Waals surface area contributed by atoms with Crippen LogP contribution in [0.5, 0.6) is 0 Å². The third-order valence-electron chi connectivity index (χ3n) is 3.89. The number of para-hydroxylation sites is 2. The first kappa shape index (κ1) is 14.9. The molecular formula is C17H15N3O3. The van der Waals surface area contributed by atoms with Gasteiger partial charge in [0.1, 0.15) is 11.7 Å². The van der Waals surface area contributed by atoms with Gasteiger partial charge >= 0.3 is 5.97 Å². The molecule has 3 aromatic rings. The number of fused-ring (bicyclic) bond motifs is 3. The van der Waals surface area contributed by atoms with Crippen LogP contribution in [-0.2, 0) is 16.0 Å². The number of nitriles is 1. The zero-order chi connectivity index (χ0) is 16.6. The summed E-state index contributed by atoms with van der Waals surface area (Å²) in [6, 6.07) is 9.43. The zero-order valence-electron chi connectivity index (χ0n) is 12.8. The van der Waals surface area contributed by atoms with Crippen LogP contribution in [0, 0.1) is 18.3 Å². The van der Waals surface area contributed by atoms with Crippen LogP contribution in [0.25, 0.3) is 16.7 Å². The summed E-state index contributed by atoms with van der Waals surface area (Å²) in [4.78, 5) is 27.8. The number of carbonyl (C=O) groups excluding carboxylic acids is 1. The molecule has 0 saturated carbocycles. The molecule has 0 radical (unpaired) electrons. The number of hydrogen-bond donors (Lipinski definition) is 1.